The number of benzene rings is 1. The molecule has 1 aromatic carbocycles. The fourth-order valence-electron chi connectivity index (χ4n) is 1.81. The van der Waals surface area contributed by atoms with Gasteiger partial charge >= 0.3 is 0 Å². The Kier molecular flexibility index (Phi) is 4.76. The van der Waals surface area contributed by atoms with E-state index in [4.69, 9.17) is 4.74 Å². The van der Waals surface area contributed by atoms with Gasteiger partial charge in [-0.1, -0.05) is 18.7 Å². The highest BCUT2D eigenvalue weighted by Crippen LogP contribution is 2.10. The molecule has 0 saturated carbocycles. The minimum absolute atomic E-state index is 0.522. The number of hydrogen-bond acceptors (Lipinski definition) is 3. The summed E-state index contributed by atoms with van der Waals surface area (Å²) in [6.07, 6.45) is 0. The summed E-state index contributed by atoms with van der Waals surface area (Å²) in [5.41, 5.74) is 2.00. The van der Waals surface area contributed by atoms with Crippen molar-refractivity contribution in [3.63, 3.8) is 0 Å². The molecule has 5 heteroatoms. The van der Waals surface area contributed by atoms with Crippen LogP contribution in [-0.2, 0) is 11.3 Å². The number of aromatic amines is 1. The van der Waals surface area contributed by atoms with E-state index in [-0.39, 0.29) is 0 Å². The van der Waals surface area contributed by atoms with Crippen molar-refractivity contribution < 1.29 is 4.74 Å². The van der Waals surface area contributed by atoms with Gasteiger partial charge in [-0.15, -0.1) is 0 Å². The lowest BCUT2D eigenvalue weighted by atomic mass is 10.3. The van der Waals surface area contributed by atoms with Gasteiger partial charge in [-0.25, -0.2) is 4.98 Å². The molecule has 0 unspecified atom stereocenters. The van der Waals surface area contributed by atoms with Crippen LogP contribution < -0.4 is 5.32 Å². The highest BCUT2D eigenvalue weighted by Gasteiger charge is 2.01. The molecule has 0 spiro atoms. The molecule has 0 aliphatic carbocycles. The molecule has 0 fully saturated rings. The van der Waals surface area contributed by atoms with Crippen molar-refractivity contribution in [2.75, 3.05) is 13.2 Å². The van der Waals surface area contributed by atoms with E-state index in [0.29, 0.717) is 25.5 Å². The van der Waals surface area contributed by atoms with Crippen molar-refractivity contribution in [2.45, 2.75) is 20.4 Å². The third kappa shape index (κ3) is 3.85. The van der Waals surface area contributed by atoms with Crippen LogP contribution in [0, 0.1) is 0 Å². The molecule has 0 radical (unpaired) electrons. The number of rotatable bonds is 6. The van der Waals surface area contributed by atoms with E-state index >= 15 is 0 Å². The van der Waals surface area contributed by atoms with E-state index in [0.717, 1.165) is 22.7 Å². The van der Waals surface area contributed by atoms with Crippen molar-refractivity contribution in [1.29, 1.82) is 0 Å². The second-order valence-electron chi connectivity index (χ2n) is 4.43. The molecule has 2 rings (SSSR count). The van der Waals surface area contributed by atoms with Crippen molar-refractivity contribution in [1.82, 2.24) is 15.3 Å². The fourth-order valence-corrected chi connectivity index (χ4v) is 1.81. The fraction of sp³-hybridized carbons (Fsp3) is 0.333. The van der Waals surface area contributed by atoms with Crippen molar-refractivity contribution in [2.24, 2.45) is 4.99 Å². The summed E-state index contributed by atoms with van der Waals surface area (Å²) in [6, 6.07) is 7.95. The zero-order valence-electron chi connectivity index (χ0n) is 11.9. The number of ether oxygens (including phenoxy) is 1. The highest BCUT2D eigenvalue weighted by atomic mass is 16.5. The zero-order chi connectivity index (χ0) is 14.4. The van der Waals surface area contributed by atoms with Crippen LogP contribution in [0.15, 0.2) is 41.6 Å². The predicted molar refractivity (Wildman–Crippen MR) is 81.7 cm³/mol. The average molecular weight is 272 g/mol. The Morgan fingerprint density at radius 3 is 3.00 bits per heavy atom. The number of fused-ring (bicyclic) bond motifs is 1. The largest absolute Gasteiger partial charge is 0.497 e. The highest BCUT2D eigenvalue weighted by molar-refractivity contribution is 5.79. The second-order valence-corrected chi connectivity index (χ2v) is 4.43. The van der Waals surface area contributed by atoms with Crippen LogP contribution in [0.1, 0.15) is 19.7 Å². The van der Waals surface area contributed by atoms with E-state index in [2.05, 4.69) is 26.9 Å². The molecule has 0 amide bonds. The monoisotopic (exact) mass is 272 g/mol. The maximum Gasteiger partial charge on any atom is 0.129 e. The minimum Gasteiger partial charge on any atom is -0.497 e. The van der Waals surface area contributed by atoms with Gasteiger partial charge in [-0.3, -0.25) is 4.99 Å². The summed E-state index contributed by atoms with van der Waals surface area (Å²) in [7, 11) is 0. The molecule has 0 bridgehead atoms. The molecule has 2 N–H and O–H groups in total. The number of para-hydroxylation sites is 2. The number of amidine groups is 1. The van der Waals surface area contributed by atoms with Crippen molar-refractivity contribution >= 4 is 16.9 Å². The Labute approximate surface area is 118 Å². The summed E-state index contributed by atoms with van der Waals surface area (Å²) in [6.45, 7) is 9.39. The van der Waals surface area contributed by atoms with Crippen LogP contribution in [0.2, 0.25) is 0 Å². The average Bonchev–Trinajstić information content (AvgIpc) is 2.86. The van der Waals surface area contributed by atoms with Gasteiger partial charge in [-0.2, -0.15) is 0 Å². The number of aliphatic imine (C=N–C) groups is 1. The lowest BCUT2D eigenvalue weighted by Gasteiger charge is -2.08. The molecule has 0 saturated heterocycles. The van der Waals surface area contributed by atoms with Gasteiger partial charge in [0, 0.05) is 0 Å². The summed E-state index contributed by atoms with van der Waals surface area (Å²) in [5, 5.41) is 3.15. The lowest BCUT2D eigenvalue weighted by Crippen LogP contribution is -2.23. The number of imidazole rings is 1. The summed E-state index contributed by atoms with van der Waals surface area (Å²) < 4.78 is 5.26. The SMILES string of the molecule is C=C(CNC(C)=NCc1nc2ccccc2[nH]1)OCC. The first-order chi connectivity index (χ1) is 9.69. The lowest BCUT2D eigenvalue weighted by molar-refractivity contribution is 0.225. The zero-order valence-corrected chi connectivity index (χ0v) is 11.9. The van der Waals surface area contributed by atoms with Gasteiger partial charge in [0.2, 0.25) is 0 Å². The smallest absolute Gasteiger partial charge is 0.129 e. The molecular formula is C15H20N4O. The predicted octanol–water partition coefficient (Wildman–Crippen LogP) is 2.62. The quantitative estimate of drug-likeness (QED) is 0.483. The molecule has 0 atom stereocenters. The molecule has 1 aromatic heterocycles. The Balaban J connectivity index is 1.89. The van der Waals surface area contributed by atoms with Crippen LogP contribution in [0.5, 0.6) is 0 Å². The number of nitrogens with one attached hydrogen (secondary N) is 2. The van der Waals surface area contributed by atoms with Gasteiger partial charge in [0.25, 0.3) is 0 Å². The van der Waals surface area contributed by atoms with Crippen LogP contribution >= 0.6 is 0 Å². The van der Waals surface area contributed by atoms with Crippen LogP contribution in [0.3, 0.4) is 0 Å². The van der Waals surface area contributed by atoms with E-state index in [9.17, 15) is 0 Å². The van der Waals surface area contributed by atoms with Gasteiger partial charge in [0.05, 0.1) is 36.6 Å². The first-order valence-corrected chi connectivity index (χ1v) is 6.68. The Morgan fingerprint density at radius 2 is 2.25 bits per heavy atom. The van der Waals surface area contributed by atoms with Crippen LogP contribution in [0.4, 0.5) is 0 Å². The van der Waals surface area contributed by atoms with E-state index < -0.39 is 0 Å². The first-order valence-electron chi connectivity index (χ1n) is 6.68. The second kappa shape index (κ2) is 6.75. The van der Waals surface area contributed by atoms with Crippen molar-refractivity contribution in [3.8, 4) is 0 Å². The number of hydrogen-bond donors (Lipinski definition) is 2. The maximum atomic E-state index is 5.26. The molecule has 0 aliphatic heterocycles. The molecule has 20 heavy (non-hydrogen) atoms. The Hall–Kier alpha value is -2.30. The minimum atomic E-state index is 0.522. The molecule has 106 valence electrons. The third-order valence-corrected chi connectivity index (χ3v) is 2.79. The summed E-state index contributed by atoms with van der Waals surface area (Å²) >= 11 is 0. The summed E-state index contributed by atoms with van der Waals surface area (Å²) in [4.78, 5) is 12.2. The number of aromatic nitrogens is 2. The van der Waals surface area contributed by atoms with Gasteiger partial charge < -0.3 is 15.0 Å². The van der Waals surface area contributed by atoms with E-state index in [1.165, 1.54) is 0 Å². The van der Waals surface area contributed by atoms with Gasteiger partial charge in [0.15, 0.2) is 0 Å². The van der Waals surface area contributed by atoms with Crippen molar-refractivity contribution in [3.05, 3.63) is 42.4 Å². The Bertz CT molecular complexity index is 582. The Morgan fingerprint density at radius 1 is 1.45 bits per heavy atom. The standard InChI is InChI=1S/C15H20N4O/c1-4-20-11(2)9-16-12(3)17-10-15-18-13-7-5-6-8-14(13)19-15/h5-8H,2,4,9-10H2,1,3H3,(H,16,17)(H,18,19). The molecule has 5 nitrogen and oxygen atoms in total. The molecule has 0 aliphatic rings. The van der Waals surface area contributed by atoms with Gasteiger partial charge in [0.1, 0.15) is 11.6 Å². The van der Waals surface area contributed by atoms with E-state index in [1.54, 1.807) is 0 Å². The molecule has 2 aromatic rings. The van der Waals surface area contributed by atoms with E-state index in [1.807, 2.05) is 38.1 Å². The maximum absolute atomic E-state index is 5.26. The topological polar surface area (TPSA) is 62.3 Å². The number of nitrogens with zero attached hydrogens (tertiary/aromatic N) is 2. The first kappa shape index (κ1) is 14.1. The molecule has 1 heterocycles. The molecular weight excluding hydrogens is 252 g/mol. The number of H-pyrrole nitrogens is 1. The third-order valence-electron chi connectivity index (χ3n) is 2.79. The normalized spacial score (nSPS) is 11.6. The van der Waals surface area contributed by atoms with Crippen LogP contribution in [0.25, 0.3) is 11.0 Å². The summed E-state index contributed by atoms with van der Waals surface area (Å²) in [5.74, 6) is 2.41. The van der Waals surface area contributed by atoms with Gasteiger partial charge in [-0.05, 0) is 26.0 Å². The van der Waals surface area contributed by atoms with Crippen LogP contribution in [-0.4, -0.2) is 29.0 Å².